The Bertz CT molecular complexity index is 722. The second-order valence-corrected chi connectivity index (χ2v) is 7.23. The van der Waals surface area contributed by atoms with E-state index in [9.17, 15) is 19.6 Å². The number of aromatic amines is 1. The minimum Gasteiger partial charge on any atom is -0.356 e. The summed E-state index contributed by atoms with van der Waals surface area (Å²) in [7, 11) is 0. The summed E-state index contributed by atoms with van der Waals surface area (Å²) in [5, 5.41) is 23.9. The van der Waals surface area contributed by atoms with Crippen molar-refractivity contribution < 1.29 is 14.4 Å². The number of amides is 3. The van der Waals surface area contributed by atoms with Crippen molar-refractivity contribution in [3.63, 3.8) is 0 Å². The van der Waals surface area contributed by atoms with Gasteiger partial charge in [-0.2, -0.15) is 10.4 Å². The normalized spacial score (nSPS) is 21.4. The number of nitriles is 1. The summed E-state index contributed by atoms with van der Waals surface area (Å²) in [5.41, 5.74) is 0.277. The molecule has 1 aromatic rings. The fraction of sp³-hybridized carbons (Fsp3) is 0.611. The van der Waals surface area contributed by atoms with E-state index in [0.717, 1.165) is 19.3 Å². The molecule has 27 heavy (non-hydrogen) atoms. The van der Waals surface area contributed by atoms with Gasteiger partial charge in [-0.25, -0.2) is 0 Å². The third-order valence-corrected chi connectivity index (χ3v) is 5.03. The molecule has 4 N–H and O–H groups in total. The molecule has 0 spiro atoms. The predicted molar refractivity (Wildman–Crippen MR) is 95.1 cm³/mol. The smallest absolute Gasteiger partial charge is 0.269 e. The Morgan fingerprint density at radius 1 is 1.30 bits per heavy atom. The SMILES string of the molecule is N#C[C@H](CC1CCCNC1=O)NC(=O)C(CC1CC1)NC(=O)c1ccn[nH]1. The average Bonchev–Trinajstić information content (AvgIpc) is 3.30. The molecule has 2 heterocycles. The van der Waals surface area contributed by atoms with E-state index < -0.39 is 23.9 Å². The maximum Gasteiger partial charge on any atom is 0.269 e. The van der Waals surface area contributed by atoms with E-state index >= 15 is 0 Å². The van der Waals surface area contributed by atoms with Gasteiger partial charge in [0.2, 0.25) is 11.8 Å². The Balaban J connectivity index is 1.59. The van der Waals surface area contributed by atoms with Crippen LogP contribution in [-0.4, -0.2) is 46.5 Å². The number of carbonyl (C=O) groups is 3. The largest absolute Gasteiger partial charge is 0.356 e. The molecule has 1 saturated carbocycles. The molecule has 1 saturated heterocycles. The van der Waals surface area contributed by atoms with Crippen molar-refractivity contribution in [2.75, 3.05) is 6.54 Å². The molecule has 0 bridgehead atoms. The molecule has 3 atom stereocenters. The predicted octanol–water partition coefficient (Wildman–Crippen LogP) is 0.233. The number of rotatable bonds is 8. The molecule has 2 fully saturated rings. The molecule has 0 aromatic carbocycles. The molecule has 9 heteroatoms. The molecular formula is C18H24N6O3. The summed E-state index contributed by atoms with van der Waals surface area (Å²) in [5.74, 6) is -0.735. The van der Waals surface area contributed by atoms with Gasteiger partial charge < -0.3 is 16.0 Å². The first-order valence-corrected chi connectivity index (χ1v) is 9.34. The molecule has 0 radical (unpaired) electrons. The lowest BCUT2D eigenvalue weighted by atomic mass is 9.92. The lowest BCUT2D eigenvalue weighted by molar-refractivity contribution is -0.128. The third kappa shape index (κ3) is 5.29. The lowest BCUT2D eigenvalue weighted by Gasteiger charge is -2.25. The average molecular weight is 372 g/mol. The summed E-state index contributed by atoms with van der Waals surface area (Å²) in [4.78, 5) is 36.9. The number of piperidine rings is 1. The molecule has 1 aromatic heterocycles. The van der Waals surface area contributed by atoms with Crippen molar-refractivity contribution in [3.8, 4) is 6.07 Å². The van der Waals surface area contributed by atoms with Crippen LogP contribution in [0.5, 0.6) is 0 Å². The summed E-state index contributed by atoms with van der Waals surface area (Å²) in [6.07, 6.45) is 5.93. The van der Waals surface area contributed by atoms with Crippen LogP contribution in [0.4, 0.5) is 0 Å². The first-order chi connectivity index (χ1) is 13.1. The van der Waals surface area contributed by atoms with Gasteiger partial charge in [-0.05, 0) is 37.7 Å². The van der Waals surface area contributed by atoms with Crippen LogP contribution in [0.1, 0.15) is 49.0 Å². The minimum absolute atomic E-state index is 0.0715. The van der Waals surface area contributed by atoms with Gasteiger partial charge in [-0.3, -0.25) is 19.5 Å². The van der Waals surface area contributed by atoms with E-state index in [4.69, 9.17) is 0 Å². The van der Waals surface area contributed by atoms with Crippen LogP contribution < -0.4 is 16.0 Å². The van der Waals surface area contributed by atoms with Crippen LogP contribution in [0.2, 0.25) is 0 Å². The Morgan fingerprint density at radius 3 is 2.74 bits per heavy atom. The Labute approximate surface area is 157 Å². The quantitative estimate of drug-likeness (QED) is 0.517. The van der Waals surface area contributed by atoms with Crippen molar-refractivity contribution >= 4 is 17.7 Å². The number of hydrogen-bond acceptors (Lipinski definition) is 5. The molecule has 2 aliphatic rings. The highest BCUT2D eigenvalue weighted by molar-refractivity contribution is 5.96. The van der Waals surface area contributed by atoms with Crippen molar-refractivity contribution in [1.29, 1.82) is 5.26 Å². The Morgan fingerprint density at radius 2 is 2.11 bits per heavy atom. The molecule has 1 aliphatic heterocycles. The zero-order valence-corrected chi connectivity index (χ0v) is 15.0. The van der Waals surface area contributed by atoms with Gasteiger partial charge in [0.15, 0.2) is 0 Å². The molecule has 9 nitrogen and oxygen atoms in total. The van der Waals surface area contributed by atoms with E-state index in [1.54, 1.807) is 0 Å². The summed E-state index contributed by atoms with van der Waals surface area (Å²) in [6, 6.07) is 2.11. The maximum absolute atomic E-state index is 12.7. The second kappa shape index (κ2) is 8.66. The first-order valence-electron chi connectivity index (χ1n) is 9.34. The monoisotopic (exact) mass is 372 g/mol. The zero-order valence-electron chi connectivity index (χ0n) is 15.0. The standard InChI is InChI=1S/C18H24N6O3/c19-10-13(9-12-2-1-6-20-16(12)25)22-18(27)15(8-11-3-4-11)23-17(26)14-5-7-21-24-14/h5,7,11-13,15H,1-4,6,8-9H2,(H,20,25)(H,21,24)(H,22,27)(H,23,26)/t12?,13-,15?/m0/s1. The number of nitrogens with one attached hydrogen (secondary N) is 4. The number of nitrogens with zero attached hydrogens (tertiary/aromatic N) is 2. The summed E-state index contributed by atoms with van der Waals surface area (Å²) >= 11 is 0. The fourth-order valence-corrected chi connectivity index (χ4v) is 3.30. The highest BCUT2D eigenvalue weighted by Crippen LogP contribution is 2.33. The minimum atomic E-state index is -0.767. The topological polar surface area (TPSA) is 140 Å². The third-order valence-electron chi connectivity index (χ3n) is 5.03. The van der Waals surface area contributed by atoms with Crippen LogP contribution in [0.3, 0.4) is 0 Å². The van der Waals surface area contributed by atoms with Gasteiger partial charge in [0.25, 0.3) is 5.91 Å². The van der Waals surface area contributed by atoms with Crippen LogP contribution in [-0.2, 0) is 9.59 Å². The van der Waals surface area contributed by atoms with E-state index in [0.29, 0.717) is 25.3 Å². The number of hydrogen-bond donors (Lipinski definition) is 4. The van der Waals surface area contributed by atoms with Crippen LogP contribution in [0, 0.1) is 23.2 Å². The molecule has 2 unspecified atom stereocenters. The Kier molecular flexibility index (Phi) is 6.06. The van der Waals surface area contributed by atoms with Crippen molar-refractivity contribution in [1.82, 2.24) is 26.1 Å². The summed E-state index contributed by atoms with van der Waals surface area (Å²) < 4.78 is 0. The maximum atomic E-state index is 12.7. The molecule has 3 rings (SSSR count). The molecule has 144 valence electrons. The zero-order chi connectivity index (χ0) is 19.2. The van der Waals surface area contributed by atoms with E-state index in [2.05, 4.69) is 32.2 Å². The van der Waals surface area contributed by atoms with Gasteiger partial charge in [0.1, 0.15) is 17.8 Å². The highest BCUT2D eigenvalue weighted by Gasteiger charge is 2.33. The van der Waals surface area contributed by atoms with Crippen LogP contribution >= 0.6 is 0 Å². The van der Waals surface area contributed by atoms with Gasteiger partial charge in [-0.1, -0.05) is 12.8 Å². The molecule has 1 aliphatic carbocycles. The second-order valence-electron chi connectivity index (χ2n) is 7.23. The van der Waals surface area contributed by atoms with E-state index in [-0.39, 0.29) is 23.9 Å². The Hall–Kier alpha value is -2.89. The lowest BCUT2D eigenvalue weighted by Crippen LogP contribution is -2.50. The van der Waals surface area contributed by atoms with Gasteiger partial charge in [0, 0.05) is 18.7 Å². The van der Waals surface area contributed by atoms with Crippen molar-refractivity contribution in [2.24, 2.45) is 11.8 Å². The van der Waals surface area contributed by atoms with Crippen LogP contribution in [0.25, 0.3) is 0 Å². The van der Waals surface area contributed by atoms with Gasteiger partial charge in [-0.15, -0.1) is 0 Å². The highest BCUT2D eigenvalue weighted by atomic mass is 16.2. The number of H-pyrrole nitrogens is 1. The van der Waals surface area contributed by atoms with E-state index in [1.807, 2.05) is 0 Å². The van der Waals surface area contributed by atoms with Crippen LogP contribution in [0.15, 0.2) is 12.3 Å². The molecule has 3 amide bonds. The number of carbonyl (C=O) groups excluding carboxylic acids is 3. The fourth-order valence-electron chi connectivity index (χ4n) is 3.30. The van der Waals surface area contributed by atoms with Crippen molar-refractivity contribution in [2.45, 2.75) is 50.6 Å². The van der Waals surface area contributed by atoms with E-state index in [1.165, 1.54) is 12.3 Å². The molecular weight excluding hydrogens is 348 g/mol. The number of aromatic nitrogens is 2. The van der Waals surface area contributed by atoms with Gasteiger partial charge in [0.05, 0.1) is 6.07 Å². The summed E-state index contributed by atoms with van der Waals surface area (Å²) in [6.45, 7) is 0.655. The van der Waals surface area contributed by atoms with Gasteiger partial charge >= 0.3 is 0 Å². The van der Waals surface area contributed by atoms with Crippen molar-refractivity contribution in [3.05, 3.63) is 18.0 Å². The first kappa shape index (κ1) is 18.9.